The Kier molecular flexibility index (Phi) is 6.47. The van der Waals surface area contributed by atoms with E-state index in [2.05, 4.69) is 20.6 Å². The molecule has 0 atom stereocenters. The van der Waals surface area contributed by atoms with Gasteiger partial charge in [0.1, 0.15) is 0 Å². The van der Waals surface area contributed by atoms with Crippen LogP contribution in [0.4, 0.5) is 23.8 Å². The van der Waals surface area contributed by atoms with Gasteiger partial charge in [-0.2, -0.15) is 13.2 Å². The summed E-state index contributed by atoms with van der Waals surface area (Å²) in [6, 6.07) is 8.18. The maximum absolute atomic E-state index is 12.9. The zero-order chi connectivity index (χ0) is 22.8. The van der Waals surface area contributed by atoms with Crippen LogP contribution in [0.1, 0.15) is 21.6 Å². The van der Waals surface area contributed by atoms with E-state index >= 15 is 0 Å². The third-order valence-electron chi connectivity index (χ3n) is 4.07. The molecule has 11 heteroatoms. The summed E-state index contributed by atoms with van der Waals surface area (Å²) in [5.41, 5.74) is -0.166. The van der Waals surface area contributed by atoms with Gasteiger partial charge in [0.25, 0.3) is 5.91 Å². The number of aryl methyl sites for hydroxylation is 1. The van der Waals surface area contributed by atoms with Crippen molar-refractivity contribution in [2.75, 3.05) is 5.32 Å². The fourth-order valence-electron chi connectivity index (χ4n) is 2.70. The van der Waals surface area contributed by atoms with E-state index in [0.29, 0.717) is 0 Å². The number of rotatable bonds is 3. The first-order valence-electron chi connectivity index (χ1n) is 8.64. The number of hydrogen-bond donors (Lipinski definition) is 2. The highest BCUT2D eigenvalue weighted by molar-refractivity contribution is 6.40. The van der Waals surface area contributed by atoms with Crippen LogP contribution in [-0.2, 0) is 6.18 Å². The number of benzene rings is 2. The first-order chi connectivity index (χ1) is 14.6. The number of nitrogens with one attached hydrogen (secondary N) is 2. The quantitative estimate of drug-likeness (QED) is 0.513. The number of carbonyl (C=O) groups excluding carboxylic acids is 2. The van der Waals surface area contributed by atoms with Crippen LogP contribution in [0, 0.1) is 6.92 Å². The second-order valence-corrected chi connectivity index (χ2v) is 7.09. The molecule has 1 heterocycles. The number of amides is 3. The van der Waals surface area contributed by atoms with Crippen molar-refractivity contribution in [1.82, 2.24) is 15.3 Å². The summed E-state index contributed by atoms with van der Waals surface area (Å²) >= 11 is 11.9. The van der Waals surface area contributed by atoms with Gasteiger partial charge in [-0.25, -0.2) is 9.78 Å². The third-order valence-corrected chi connectivity index (χ3v) is 4.70. The highest BCUT2D eigenvalue weighted by Gasteiger charge is 2.30. The molecule has 3 amide bonds. The Hall–Kier alpha value is -3.17. The Bertz CT molecular complexity index is 1150. The lowest BCUT2D eigenvalue weighted by Crippen LogP contribution is -2.35. The van der Waals surface area contributed by atoms with Crippen molar-refractivity contribution in [2.24, 2.45) is 0 Å². The summed E-state index contributed by atoms with van der Waals surface area (Å²) in [6.45, 7) is 1.53. The maximum Gasteiger partial charge on any atom is 0.416 e. The van der Waals surface area contributed by atoms with E-state index in [1.165, 1.54) is 31.2 Å². The molecule has 2 N–H and O–H groups in total. The summed E-state index contributed by atoms with van der Waals surface area (Å²) < 4.78 is 38.8. The van der Waals surface area contributed by atoms with Crippen LogP contribution in [-0.4, -0.2) is 21.9 Å². The molecule has 0 fully saturated rings. The Morgan fingerprint density at radius 2 is 1.68 bits per heavy atom. The van der Waals surface area contributed by atoms with Crippen LogP contribution in [0.2, 0.25) is 10.0 Å². The zero-order valence-electron chi connectivity index (χ0n) is 15.7. The predicted molar refractivity (Wildman–Crippen MR) is 110 cm³/mol. The van der Waals surface area contributed by atoms with Gasteiger partial charge in [0.15, 0.2) is 5.82 Å². The lowest BCUT2D eigenvalue weighted by molar-refractivity contribution is -0.137. The van der Waals surface area contributed by atoms with Crippen LogP contribution in [0.3, 0.4) is 0 Å². The molecule has 0 bridgehead atoms. The molecule has 6 nitrogen and oxygen atoms in total. The summed E-state index contributed by atoms with van der Waals surface area (Å²) in [7, 11) is 0. The SMILES string of the molecule is Cc1nc(NC(=O)NC(=O)c2c(Cl)cccc2Cl)cnc1-c1cccc(C(F)(F)F)c1. The molecule has 0 aliphatic carbocycles. The number of imide groups is 1. The Labute approximate surface area is 184 Å². The lowest BCUT2D eigenvalue weighted by atomic mass is 10.1. The number of halogens is 5. The molecule has 160 valence electrons. The monoisotopic (exact) mass is 468 g/mol. The standard InChI is InChI=1S/C20H13Cl2F3N4O2/c1-10-17(11-4-2-5-12(8-11)20(23,24)25)26-9-15(27-10)28-19(31)29-18(30)16-13(21)6-3-7-14(16)22/h2-9H,1H3,(H2,27,28,29,30,31). The van der Waals surface area contributed by atoms with Gasteiger partial charge in [-0.05, 0) is 31.2 Å². The van der Waals surface area contributed by atoms with Gasteiger partial charge in [0.2, 0.25) is 0 Å². The minimum Gasteiger partial charge on any atom is -0.291 e. The average molecular weight is 469 g/mol. The summed E-state index contributed by atoms with van der Waals surface area (Å²) in [6.07, 6.45) is -3.33. The van der Waals surface area contributed by atoms with Gasteiger partial charge in [-0.15, -0.1) is 0 Å². The Balaban J connectivity index is 1.75. The summed E-state index contributed by atoms with van der Waals surface area (Å²) in [5.74, 6) is -0.831. The van der Waals surface area contributed by atoms with Gasteiger partial charge in [0, 0.05) is 5.56 Å². The summed E-state index contributed by atoms with van der Waals surface area (Å²) in [4.78, 5) is 32.6. The highest BCUT2D eigenvalue weighted by Crippen LogP contribution is 2.32. The van der Waals surface area contributed by atoms with Crippen molar-refractivity contribution >= 4 is 41.0 Å². The number of hydrogen-bond acceptors (Lipinski definition) is 4. The van der Waals surface area contributed by atoms with Gasteiger partial charge in [0.05, 0.1) is 38.8 Å². The smallest absolute Gasteiger partial charge is 0.291 e. The predicted octanol–water partition coefficient (Wildman–Crippen LogP) is 5.74. The van der Waals surface area contributed by atoms with Crippen molar-refractivity contribution in [3.63, 3.8) is 0 Å². The van der Waals surface area contributed by atoms with Gasteiger partial charge < -0.3 is 0 Å². The average Bonchev–Trinajstić information content (AvgIpc) is 2.67. The second kappa shape index (κ2) is 8.91. The van der Waals surface area contributed by atoms with E-state index < -0.39 is 23.7 Å². The molecule has 1 aromatic heterocycles. The highest BCUT2D eigenvalue weighted by atomic mass is 35.5. The number of alkyl halides is 3. The number of carbonyl (C=O) groups is 2. The molecule has 31 heavy (non-hydrogen) atoms. The molecular weight excluding hydrogens is 456 g/mol. The maximum atomic E-state index is 12.9. The van der Waals surface area contributed by atoms with Crippen LogP contribution in [0.15, 0.2) is 48.7 Å². The molecule has 0 unspecified atom stereocenters. The van der Waals surface area contributed by atoms with Crippen LogP contribution < -0.4 is 10.6 Å². The van der Waals surface area contributed by atoms with E-state index in [-0.39, 0.29) is 38.4 Å². The first-order valence-corrected chi connectivity index (χ1v) is 9.39. The zero-order valence-corrected chi connectivity index (χ0v) is 17.2. The van der Waals surface area contributed by atoms with E-state index in [0.717, 1.165) is 18.3 Å². The molecule has 0 aliphatic rings. The molecule has 3 rings (SSSR count). The van der Waals surface area contributed by atoms with Gasteiger partial charge in [-0.1, -0.05) is 41.4 Å². The number of urea groups is 1. The van der Waals surface area contributed by atoms with E-state index in [1.807, 2.05) is 0 Å². The van der Waals surface area contributed by atoms with E-state index in [9.17, 15) is 22.8 Å². The third kappa shape index (κ3) is 5.31. The molecule has 3 aromatic rings. The first kappa shape index (κ1) is 22.5. The largest absolute Gasteiger partial charge is 0.416 e. The fraction of sp³-hybridized carbons (Fsp3) is 0.100. The number of anilines is 1. The van der Waals surface area contributed by atoms with Crippen molar-refractivity contribution in [1.29, 1.82) is 0 Å². The molecule has 0 saturated heterocycles. The molecular formula is C20H13Cl2F3N4O2. The number of aromatic nitrogens is 2. The fourth-order valence-corrected chi connectivity index (χ4v) is 3.27. The second-order valence-electron chi connectivity index (χ2n) is 6.27. The molecule has 0 radical (unpaired) electrons. The topological polar surface area (TPSA) is 84.0 Å². The molecule has 2 aromatic carbocycles. The Morgan fingerprint density at radius 3 is 2.29 bits per heavy atom. The molecule has 0 aliphatic heterocycles. The van der Waals surface area contributed by atoms with Crippen LogP contribution in [0.25, 0.3) is 11.3 Å². The van der Waals surface area contributed by atoms with E-state index in [1.54, 1.807) is 6.07 Å². The van der Waals surface area contributed by atoms with Gasteiger partial charge >= 0.3 is 12.2 Å². The molecule has 0 spiro atoms. The van der Waals surface area contributed by atoms with Crippen molar-refractivity contribution < 1.29 is 22.8 Å². The van der Waals surface area contributed by atoms with E-state index in [4.69, 9.17) is 23.2 Å². The minimum absolute atomic E-state index is 0.0104. The molecule has 0 saturated carbocycles. The van der Waals surface area contributed by atoms with Gasteiger partial charge in [-0.3, -0.25) is 20.4 Å². The van der Waals surface area contributed by atoms with Crippen molar-refractivity contribution in [3.8, 4) is 11.3 Å². The lowest BCUT2D eigenvalue weighted by Gasteiger charge is -2.11. The van der Waals surface area contributed by atoms with Crippen LogP contribution in [0.5, 0.6) is 0 Å². The summed E-state index contributed by atoms with van der Waals surface area (Å²) in [5, 5.41) is 4.53. The Morgan fingerprint density at radius 1 is 1.03 bits per heavy atom. The normalized spacial score (nSPS) is 11.2. The van der Waals surface area contributed by atoms with Crippen molar-refractivity contribution in [3.05, 3.63) is 75.5 Å². The van der Waals surface area contributed by atoms with Crippen molar-refractivity contribution in [2.45, 2.75) is 13.1 Å². The number of nitrogens with zero attached hydrogens (tertiary/aromatic N) is 2. The minimum atomic E-state index is -4.49. The van der Waals surface area contributed by atoms with Crippen LogP contribution >= 0.6 is 23.2 Å².